The van der Waals surface area contributed by atoms with E-state index in [4.69, 9.17) is 9.15 Å². The van der Waals surface area contributed by atoms with E-state index in [-0.39, 0.29) is 42.7 Å². The van der Waals surface area contributed by atoms with Gasteiger partial charge in [-0.25, -0.2) is 0 Å². The molecule has 10 nitrogen and oxygen atoms in total. The predicted molar refractivity (Wildman–Crippen MR) is 94.0 cm³/mol. The van der Waals surface area contributed by atoms with Gasteiger partial charge in [-0.1, -0.05) is 0 Å². The van der Waals surface area contributed by atoms with E-state index in [9.17, 15) is 19.2 Å². The van der Waals surface area contributed by atoms with Crippen LogP contribution >= 0.6 is 0 Å². The number of hydrogen-bond acceptors (Lipinski definition) is 6. The molecular weight excluding hydrogens is 368 g/mol. The zero-order valence-electron chi connectivity index (χ0n) is 15.4. The minimum atomic E-state index is -0.740. The van der Waals surface area contributed by atoms with E-state index >= 15 is 0 Å². The second kappa shape index (κ2) is 7.27. The van der Waals surface area contributed by atoms with Gasteiger partial charge >= 0.3 is 0 Å². The largest absolute Gasteiger partial charge is 0.459 e. The van der Waals surface area contributed by atoms with Crippen molar-refractivity contribution >= 4 is 23.6 Å². The van der Waals surface area contributed by atoms with Crippen molar-refractivity contribution in [2.75, 3.05) is 26.8 Å². The van der Waals surface area contributed by atoms with Gasteiger partial charge in [0, 0.05) is 26.2 Å². The molecule has 10 heteroatoms. The summed E-state index contributed by atoms with van der Waals surface area (Å²) in [4.78, 5) is 53.4. The van der Waals surface area contributed by atoms with E-state index in [1.54, 1.807) is 12.1 Å². The van der Waals surface area contributed by atoms with Crippen LogP contribution in [0.2, 0.25) is 0 Å². The van der Waals surface area contributed by atoms with Crippen molar-refractivity contribution < 1.29 is 28.3 Å². The highest BCUT2D eigenvalue weighted by atomic mass is 16.5. The molecule has 3 fully saturated rings. The molecule has 3 saturated heterocycles. The van der Waals surface area contributed by atoms with E-state index in [0.29, 0.717) is 19.4 Å². The van der Waals surface area contributed by atoms with Gasteiger partial charge in [0.05, 0.1) is 12.3 Å². The molecule has 0 bridgehead atoms. The van der Waals surface area contributed by atoms with Gasteiger partial charge in [0.1, 0.15) is 18.7 Å². The number of nitrogens with zero attached hydrogens (tertiary/aromatic N) is 2. The Balaban J connectivity index is 1.50. The first-order valence-corrected chi connectivity index (χ1v) is 9.23. The molecule has 4 heterocycles. The molecule has 0 aliphatic carbocycles. The van der Waals surface area contributed by atoms with Crippen molar-refractivity contribution in [1.82, 2.24) is 20.4 Å². The molecule has 4 atom stereocenters. The maximum atomic E-state index is 13.2. The fraction of sp³-hybridized carbons (Fsp3) is 0.556. The maximum absolute atomic E-state index is 13.2. The van der Waals surface area contributed by atoms with Crippen LogP contribution in [0.1, 0.15) is 23.4 Å². The Hall–Kier alpha value is -2.88. The summed E-state index contributed by atoms with van der Waals surface area (Å²) in [5, 5.41) is 5.71. The van der Waals surface area contributed by atoms with E-state index in [0.717, 1.165) is 0 Å². The van der Waals surface area contributed by atoms with Crippen LogP contribution in [-0.2, 0) is 19.1 Å². The highest BCUT2D eigenvalue weighted by Gasteiger charge is 2.52. The number of hydrogen-bond donors (Lipinski definition) is 2. The average Bonchev–Trinajstić information content (AvgIpc) is 3.39. The molecule has 0 unspecified atom stereocenters. The standard InChI is InChI=1S/C18H22N4O6/c1-27-9-14(23)21-5-4-11-15(21)18(26)22-8-10(7-12(22)16(24)20-11)19-17(25)13-3-2-6-28-13/h2-3,6,10-12,15H,4-5,7-9H2,1H3,(H,19,25)(H,20,24)/t10-,11-,12+,15-/m0/s1. The van der Waals surface area contributed by atoms with Gasteiger partial charge in [0.2, 0.25) is 17.7 Å². The first-order valence-electron chi connectivity index (χ1n) is 9.23. The third kappa shape index (κ3) is 3.13. The molecule has 0 saturated carbocycles. The second-order valence-electron chi connectivity index (χ2n) is 7.26. The van der Waals surface area contributed by atoms with E-state index in [1.165, 1.54) is 23.2 Å². The van der Waals surface area contributed by atoms with Crippen molar-refractivity contribution in [2.24, 2.45) is 0 Å². The Labute approximate surface area is 161 Å². The number of methoxy groups -OCH3 is 1. The molecule has 4 amide bonds. The van der Waals surface area contributed by atoms with Crippen LogP contribution in [0.15, 0.2) is 22.8 Å². The van der Waals surface area contributed by atoms with Crippen molar-refractivity contribution in [3.63, 3.8) is 0 Å². The Bertz CT molecular complexity index is 794. The first-order chi connectivity index (χ1) is 13.5. The van der Waals surface area contributed by atoms with Crippen LogP contribution in [0, 0.1) is 0 Å². The number of carbonyl (C=O) groups is 4. The summed E-state index contributed by atoms with van der Waals surface area (Å²) in [5.74, 6) is -1.03. The first kappa shape index (κ1) is 18.5. The van der Waals surface area contributed by atoms with E-state index in [2.05, 4.69) is 10.6 Å². The molecule has 28 heavy (non-hydrogen) atoms. The summed E-state index contributed by atoms with van der Waals surface area (Å²) < 4.78 is 9.99. The number of fused-ring (bicyclic) bond motifs is 2. The van der Waals surface area contributed by atoms with Gasteiger partial charge in [0.25, 0.3) is 5.91 Å². The van der Waals surface area contributed by atoms with Crippen molar-refractivity contribution in [3.8, 4) is 0 Å². The minimum Gasteiger partial charge on any atom is -0.459 e. The fourth-order valence-electron chi connectivity index (χ4n) is 4.28. The molecule has 1 aromatic heterocycles. The molecule has 2 N–H and O–H groups in total. The lowest BCUT2D eigenvalue weighted by Gasteiger charge is -2.29. The number of nitrogens with one attached hydrogen (secondary N) is 2. The molecule has 0 aromatic carbocycles. The Kier molecular flexibility index (Phi) is 4.80. The normalized spacial score (nSPS) is 29.2. The Morgan fingerprint density at radius 2 is 2.21 bits per heavy atom. The molecule has 4 rings (SSSR count). The topological polar surface area (TPSA) is 121 Å². The van der Waals surface area contributed by atoms with E-state index < -0.39 is 24.0 Å². The van der Waals surface area contributed by atoms with Gasteiger partial charge in [-0.3, -0.25) is 19.2 Å². The SMILES string of the molecule is COCC(=O)N1CC[C@@H]2NC(=O)[C@H]3C[C@H](NC(=O)c4ccco4)CN3C(=O)[C@H]21. The minimum absolute atomic E-state index is 0.115. The second-order valence-corrected chi connectivity index (χ2v) is 7.26. The molecule has 0 radical (unpaired) electrons. The molecule has 150 valence electrons. The highest BCUT2D eigenvalue weighted by molar-refractivity contribution is 5.97. The Morgan fingerprint density at radius 3 is 2.93 bits per heavy atom. The van der Waals surface area contributed by atoms with Crippen LogP contribution in [-0.4, -0.2) is 84.4 Å². The number of furan rings is 1. The van der Waals surface area contributed by atoms with Crippen LogP contribution in [0.5, 0.6) is 0 Å². The van der Waals surface area contributed by atoms with Crippen LogP contribution in [0.3, 0.4) is 0 Å². The molecule has 3 aliphatic rings. The summed E-state index contributed by atoms with van der Waals surface area (Å²) in [7, 11) is 1.42. The molecular formula is C18H22N4O6. The zero-order valence-corrected chi connectivity index (χ0v) is 15.4. The van der Waals surface area contributed by atoms with Gasteiger partial charge in [0.15, 0.2) is 5.76 Å². The summed E-state index contributed by atoms with van der Waals surface area (Å²) in [5.41, 5.74) is 0. The van der Waals surface area contributed by atoms with Crippen molar-refractivity contribution in [3.05, 3.63) is 24.2 Å². The predicted octanol–water partition coefficient (Wildman–Crippen LogP) is -1.28. The summed E-state index contributed by atoms with van der Waals surface area (Å²) >= 11 is 0. The summed E-state index contributed by atoms with van der Waals surface area (Å²) in [6.45, 7) is 0.481. The van der Waals surface area contributed by atoms with Gasteiger partial charge in [-0.15, -0.1) is 0 Å². The number of ether oxygens (including phenoxy) is 1. The summed E-state index contributed by atoms with van der Waals surface area (Å²) in [6, 6.07) is 0.972. The highest BCUT2D eigenvalue weighted by Crippen LogP contribution is 2.29. The lowest BCUT2D eigenvalue weighted by atomic mass is 10.1. The third-order valence-electron chi connectivity index (χ3n) is 5.53. The summed E-state index contributed by atoms with van der Waals surface area (Å²) in [6.07, 6.45) is 2.24. The average molecular weight is 390 g/mol. The zero-order chi connectivity index (χ0) is 19.8. The van der Waals surface area contributed by atoms with E-state index in [1.807, 2.05) is 0 Å². The lowest BCUT2D eigenvalue weighted by molar-refractivity contribution is -0.146. The molecule has 1 aromatic rings. The lowest BCUT2D eigenvalue weighted by Crippen LogP contribution is -2.53. The van der Waals surface area contributed by atoms with Crippen LogP contribution < -0.4 is 10.6 Å². The number of carbonyl (C=O) groups excluding carboxylic acids is 4. The number of amides is 4. The number of likely N-dealkylation sites (tertiary alicyclic amines) is 1. The maximum Gasteiger partial charge on any atom is 0.287 e. The third-order valence-corrected chi connectivity index (χ3v) is 5.53. The van der Waals surface area contributed by atoms with Gasteiger partial charge < -0.3 is 29.6 Å². The quantitative estimate of drug-likeness (QED) is 0.661. The molecule has 0 spiro atoms. The molecule has 3 aliphatic heterocycles. The Morgan fingerprint density at radius 1 is 1.39 bits per heavy atom. The van der Waals surface area contributed by atoms with Crippen molar-refractivity contribution in [2.45, 2.75) is 37.0 Å². The van der Waals surface area contributed by atoms with Gasteiger partial charge in [-0.05, 0) is 25.0 Å². The monoisotopic (exact) mass is 390 g/mol. The van der Waals surface area contributed by atoms with Gasteiger partial charge in [-0.2, -0.15) is 0 Å². The van der Waals surface area contributed by atoms with Crippen LogP contribution in [0.25, 0.3) is 0 Å². The fourth-order valence-corrected chi connectivity index (χ4v) is 4.28. The smallest absolute Gasteiger partial charge is 0.287 e. The van der Waals surface area contributed by atoms with Crippen molar-refractivity contribution in [1.29, 1.82) is 0 Å². The number of rotatable bonds is 4. The van der Waals surface area contributed by atoms with Crippen LogP contribution in [0.4, 0.5) is 0 Å².